The van der Waals surface area contributed by atoms with Crippen molar-refractivity contribution >= 4 is 16.7 Å². The highest BCUT2D eigenvalue weighted by Gasteiger charge is 2.34. The van der Waals surface area contributed by atoms with Crippen LogP contribution in [-0.2, 0) is 15.6 Å². The first kappa shape index (κ1) is 14.0. The number of amides is 1. The van der Waals surface area contributed by atoms with E-state index in [1.54, 1.807) is 6.26 Å². The van der Waals surface area contributed by atoms with Gasteiger partial charge in [-0.05, 0) is 31.6 Å². The molecule has 18 heavy (non-hydrogen) atoms. The maximum absolute atomic E-state index is 12.0. The van der Waals surface area contributed by atoms with E-state index in [4.69, 9.17) is 0 Å². The van der Waals surface area contributed by atoms with Crippen molar-refractivity contribution in [2.24, 2.45) is 5.92 Å². The zero-order valence-corrected chi connectivity index (χ0v) is 11.9. The van der Waals surface area contributed by atoms with Gasteiger partial charge in [-0.15, -0.1) is 0 Å². The van der Waals surface area contributed by atoms with E-state index in [9.17, 15) is 9.00 Å². The van der Waals surface area contributed by atoms with Crippen molar-refractivity contribution in [1.29, 1.82) is 0 Å². The smallest absolute Gasteiger partial charge is 0.237 e. The van der Waals surface area contributed by atoms with E-state index in [0.29, 0.717) is 18.3 Å². The Balaban J connectivity index is 1.75. The van der Waals surface area contributed by atoms with Gasteiger partial charge in [-0.3, -0.25) is 9.00 Å². The summed E-state index contributed by atoms with van der Waals surface area (Å²) in [6.45, 7) is 0.522. The molecule has 0 aromatic heterocycles. The predicted octanol–water partition coefficient (Wildman–Crippen LogP) is 0.792. The summed E-state index contributed by atoms with van der Waals surface area (Å²) in [4.78, 5) is 12.0. The third-order valence-electron chi connectivity index (χ3n) is 4.16. The van der Waals surface area contributed by atoms with Crippen molar-refractivity contribution in [2.75, 3.05) is 18.6 Å². The van der Waals surface area contributed by atoms with Crippen LogP contribution in [0.1, 0.15) is 38.5 Å². The molecule has 2 N–H and O–H groups in total. The predicted molar refractivity (Wildman–Crippen MR) is 73.8 cm³/mol. The molecule has 1 aliphatic heterocycles. The largest absolute Gasteiger partial charge is 0.354 e. The van der Waals surface area contributed by atoms with Crippen LogP contribution in [0.5, 0.6) is 0 Å². The zero-order chi connectivity index (χ0) is 13.0. The number of rotatable bonds is 4. The van der Waals surface area contributed by atoms with Gasteiger partial charge in [-0.25, -0.2) is 0 Å². The van der Waals surface area contributed by atoms with E-state index >= 15 is 0 Å². The second-order valence-corrected chi connectivity index (χ2v) is 7.07. The van der Waals surface area contributed by atoms with E-state index in [-0.39, 0.29) is 11.9 Å². The van der Waals surface area contributed by atoms with Crippen LogP contribution in [0.2, 0.25) is 0 Å². The molecule has 1 amide bonds. The Morgan fingerprint density at radius 1 is 1.28 bits per heavy atom. The van der Waals surface area contributed by atoms with Gasteiger partial charge in [0, 0.05) is 35.4 Å². The van der Waals surface area contributed by atoms with Gasteiger partial charge in [0.05, 0.1) is 6.04 Å². The highest BCUT2D eigenvalue weighted by Crippen LogP contribution is 2.32. The van der Waals surface area contributed by atoms with Gasteiger partial charge in [-0.2, -0.15) is 0 Å². The van der Waals surface area contributed by atoms with Crippen LogP contribution in [-0.4, -0.2) is 40.8 Å². The van der Waals surface area contributed by atoms with Gasteiger partial charge < -0.3 is 10.6 Å². The first-order chi connectivity index (χ1) is 8.66. The molecule has 1 saturated heterocycles. The Morgan fingerprint density at radius 2 is 2.06 bits per heavy atom. The Labute approximate surface area is 112 Å². The summed E-state index contributed by atoms with van der Waals surface area (Å²) >= 11 is 0. The molecule has 0 spiro atoms. The Kier molecular flexibility index (Phi) is 5.18. The van der Waals surface area contributed by atoms with Crippen LogP contribution in [0.3, 0.4) is 0 Å². The van der Waals surface area contributed by atoms with Gasteiger partial charge in [-0.1, -0.05) is 12.8 Å². The highest BCUT2D eigenvalue weighted by atomic mass is 32.2. The summed E-state index contributed by atoms with van der Waals surface area (Å²) in [5, 5.41) is 6.39. The van der Waals surface area contributed by atoms with Crippen molar-refractivity contribution in [3.05, 3.63) is 0 Å². The molecule has 104 valence electrons. The molecule has 0 radical (unpaired) electrons. The van der Waals surface area contributed by atoms with Crippen LogP contribution >= 0.6 is 0 Å². The standard InChI is InChI=1S/C13H24N2O2S/c1-18(17)9-8-14-13(16)12-7-6-10-4-2-3-5-11(10)15-12/h10-12,15H,2-9H2,1H3,(H,14,16). The van der Waals surface area contributed by atoms with Crippen LogP contribution in [0.15, 0.2) is 0 Å². The Bertz CT molecular complexity index is 322. The summed E-state index contributed by atoms with van der Waals surface area (Å²) in [7, 11) is -0.829. The molecule has 0 bridgehead atoms. The first-order valence-corrected chi connectivity index (χ1v) is 8.73. The van der Waals surface area contributed by atoms with Crippen molar-refractivity contribution in [2.45, 2.75) is 50.6 Å². The van der Waals surface area contributed by atoms with Crippen molar-refractivity contribution in [3.8, 4) is 0 Å². The molecule has 1 saturated carbocycles. The number of nitrogens with one attached hydrogen (secondary N) is 2. The Morgan fingerprint density at radius 3 is 2.83 bits per heavy atom. The fourth-order valence-electron chi connectivity index (χ4n) is 3.14. The average Bonchev–Trinajstić information content (AvgIpc) is 2.37. The normalized spacial score (nSPS) is 33.5. The number of carbonyl (C=O) groups excluding carboxylic acids is 1. The third-order valence-corrected chi connectivity index (χ3v) is 4.93. The maximum atomic E-state index is 12.0. The minimum atomic E-state index is -0.829. The summed E-state index contributed by atoms with van der Waals surface area (Å²) in [6, 6.07) is 0.512. The Hall–Kier alpha value is -0.420. The van der Waals surface area contributed by atoms with Crippen molar-refractivity contribution < 1.29 is 9.00 Å². The third kappa shape index (κ3) is 3.79. The molecule has 2 fully saturated rings. The van der Waals surface area contributed by atoms with E-state index in [2.05, 4.69) is 10.6 Å². The summed E-state index contributed by atoms with van der Waals surface area (Å²) in [5.74, 6) is 1.42. The lowest BCUT2D eigenvalue weighted by molar-refractivity contribution is -0.124. The second kappa shape index (κ2) is 6.66. The van der Waals surface area contributed by atoms with E-state index in [0.717, 1.165) is 12.3 Å². The second-order valence-electron chi connectivity index (χ2n) is 5.52. The molecule has 2 aliphatic rings. The monoisotopic (exact) mass is 272 g/mol. The zero-order valence-electron chi connectivity index (χ0n) is 11.1. The fraction of sp³-hybridized carbons (Fsp3) is 0.923. The number of fused-ring (bicyclic) bond motifs is 1. The van der Waals surface area contributed by atoms with Crippen LogP contribution in [0.25, 0.3) is 0 Å². The quantitative estimate of drug-likeness (QED) is 0.795. The van der Waals surface area contributed by atoms with Crippen LogP contribution < -0.4 is 10.6 Å². The SMILES string of the molecule is CS(=O)CCNC(=O)C1CCC2CCCCC2N1. The summed E-state index contributed by atoms with van der Waals surface area (Å²) in [6.07, 6.45) is 8.96. The molecular weight excluding hydrogens is 248 g/mol. The molecule has 1 heterocycles. The number of carbonyl (C=O) groups is 1. The van der Waals surface area contributed by atoms with E-state index < -0.39 is 10.8 Å². The molecule has 0 aromatic carbocycles. The lowest BCUT2D eigenvalue weighted by Gasteiger charge is -2.39. The highest BCUT2D eigenvalue weighted by molar-refractivity contribution is 7.84. The lowest BCUT2D eigenvalue weighted by atomic mass is 9.77. The molecular formula is C13H24N2O2S. The number of piperidine rings is 1. The van der Waals surface area contributed by atoms with E-state index in [1.165, 1.54) is 32.1 Å². The summed E-state index contributed by atoms with van der Waals surface area (Å²) < 4.78 is 10.9. The van der Waals surface area contributed by atoms with E-state index in [1.807, 2.05) is 0 Å². The van der Waals surface area contributed by atoms with Gasteiger partial charge in [0.15, 0.2) is 0 Å². The van der Waals surface area contributed by atoms with Gasteiger partial charge in [0.25, 0.3) is 0 Å². The number of hydrogen-bond donors (Lipinski definition) is 2. The van der Waals surface area contributed by atoms with Gasteiger partial charge >= 0.3 is 0 Å². The molecule has 4 nitrogen and oxygen atoms in total. The molecule has 4 unspecified atom stereocenters. The topological polar surface area (TPSA) is 58.2 Å². The fourth-order valence-corrected chi connectivity index (χ4v) is 3.53. The molecule has 0 aromatic rings. The van der Waals surface area contributed by atoms with Gasteiger partial charge in [0.1, 0.15) is 0 Å². The lowest BCUT2D eigenvalue weighted by Crippen LogP contribution is -2.55. The minimum Gasteiger partial charge on any atom is -0.354 e. The first-order valence-electron chi connectivity index (χ1n) is 7.00. The van der Waals surface area contributed by atoms with Crippen molar-refractivity contribution in [3.63, 3.8) is 0 Å². The average molecular weight is 272 g/mol. The molecule has 4 atom stereocenters. The molecule has 1 aliphatic carbocycles. The summed E-state index contributed by atoms with van der Waals surface area (Å²) in [5.41, 5.74) is 0. The van der Waals surface area contributed by atoms with Crippen molar-refractivity contribution in [1.82, 2.24) is 10.6 Å². The molecule has 5 heteroatoms. The maximum Gasteiger partial charge on any atom is 0.237 e. The van der Waals surface area contributed by atoms with Crippen LogP contribution in [0.4, 0.5) is 0 Å². The molecule has 2 rings (SSSR count). The van der Waals surface area contributed by atoms with Crippen LogP contribution in [0, 0.1) is 5.92 Å². The van der Waals surface area contributed by atoms with Gasteiger partial charge in [0.2, 0.25) is 5.91 Å². The minimum absolute atomic E-state index is 0.0327. The number of hydrogen-bond acceptors (Lipinski definition) is 3.